The topological polar surface area (TPSA) is 3.24 Å². The minimum atomic E-state index is -0.235. The number of hydrogen-bond acceptors (Lipinski definition) is 1. The quantitative estimate of drug-likeness (QED) is 0.385. The monoisotopic (exact) mass is 204 g/mol. The van der Waals surface area contributed by atoms with Crippen molar-refractivity contribution in [1.82, 2.24) is 0 Å². The summed E-state index contributed by atoms with van der Waals surface area (Å²) in [5.41, 5.74) is 3.25. The highest BCUT2D eigenvalue weighted by atomic mass is 28.2. The van der Waals surface area contributed by atoms with E-state index in [2.05, 4.69) is 16.4 Å². The van der Waals surface area contributed by atoms with Gasteiger partial charge in [-0.25, -0.2) is 4.39 Å². The Morgan fingerprint density at radius 3 is 2.36 bits per heavy atom. The number of anilines is 1. The van der Waals surface area contributed by atoms with Gasteiger partial charge in [-0.3, -0.25) is 0 Å². The van der Waals surface area contributed by atoms with E-state index in [9.17, 15) is 4.39 Å². The van der Waals surface area contributed by atoms with Gasteiger partial charge in [-0.05, 0) is 49.6 Å². The van der Waals surface area contributed by atoms with Gasteiger partial charge in [0.2, 0.25) is 10.4 Å². The van der Waals surface area contributed by atoms with E-state index < -0.39 is 0 Å². The van der Waals surface area contributed by atoms with Gasteiger partial charge in [0.05, 0.1) is 0 Å². The largest absolute Gasteiger partial charge is 0.332 e. The molecule has 0 aliphatic carbocycles. The summed E-state index contributed by atoms with van der Waals surface area (Å²) in [5.74, 6) is -0.235. The maximum atomic E-state index is 13.4. The van der Waals surface area contributed by atoms with Crippen LogP contribution in [0.25, 0.3) is 0 Å². The number of terminal acetylenes is 1. The van der Waals surface area contributed by atoms with Gasteiger partial charge < -0.3 is 4.57 Å². The van der Waals surface area contributed by atoms with Crippen LogP contribution in [0.2, 0.25) is 0 Å². The molecule has 0 atom stereocenters. The van der Waals surface area contributed by atoms with Crippen LogP contribution in [-0.4, -0.2) is 10.4 Å². The fraction of sp³-hybridized carbons (Fsp3) is 0.273. The lowest BCUT2D eigenvalue weighted by Gasteiger charge is -2.17. The minimum absolute atomic E-state index is 0.235. The molecule has 1 nitrogen and oxygen atoms in total. The average molecular weight is 204 g/mol. The van der Waals surface area contributed by atoms with Gasteiger partial charge >= 0.3 is 0 Å². The zero-order valence-electron chi connectivity index (χ0n) is 8.48. The third-order valence-corrected chi connectivity index (χ3v) is 2.87. The first kappa shape index (κ1) is 10.8. The van der Waals surface area contributed by atoms with E-state index in [1.807, 2.05) is 13.8 Å². The van der Waals surface area contributed by atoms with Crippen LogP contribution in [0.5, 0.6) is 0 Å². The molecule has 0 bridgehead atoms. The summed E-state index contributed by atoms with van der Waals surface area (Å²) in [7, 11) is 3.21. The van der Waals surface area contributed by atoms with E-state index >= 15 is 0 Å². The second-order valence-corrected chi connectivity index (χ2v) is 3.66. The molecule has 3 radical (unpaired) electrons. The van der Waals surface area contributed by atoms with Crippen LogP contribution >= 0.6 is 0 Å². The lowest BCUT2D eigenvalue weighted by atomic mass is 10.0. The number of halogens is 1. The summed E-state index contributed by atoms with van der Waals surface area (Å²) < 4.78 is 14.8. The van der Waals surface area contributed by atoms with Crippen LogP contribution in [0.1, 0.15) is 16.7 Å². The predicted molar refractivity (Wildman–Crippen MR) is 57.7 cm³/mol. The Morgan fingerprint density at radius 1 is 1.29 bits per heavy atom. The normalized spacial score (nSPS) is 9.71. The molecule has 0 spiro atoms. The number of hydrogen-bond donors (Lipinski definition) is 0. The van der Waals surface area contributed by atoms with Crippen molar-refractivity contribution < 1.29 is 4.39 Å². The van der Waals surface area contributed by atoms with Crippen LogP contribution < -0.4 is 4.57 Å². The molecule has 0 aliphatic rings. The maximum Gasteiger partial charge on any atom is 0.209 e. The van der Waals surface area contributed by atoms with Crippen molar-refractivity contribution in [2.45, 2.75) is 20.8 Å². The van der Waals surface area contributed by atoms with Crippen molar-refractivity contribution in [1.29, 1.82) is 0 Å². The van der Waals surface area contributed by atoms with Crippen LogP contribution in [0, 0.1) is 39.1 Å². The Labute approximate surface area is 87.4 Å². The predicted octanol–water partition coefficient (Wildman–Crippen LogP) is 2.23. The molecule has 0 aliphatic heterocycles. The smallest absolute Gasteiger partial charge is 0.209 e. The molecule has 0 amide bonds. The van der Waals surface area contributed by atoms with E-state index in [0.717, 1.165) is 11.1 Å². The molecule has 1 rings (SSSR count). The van der Waals surface area contributed by atoms with Gasteiger partial charge in [0, 0.05) is 5.69 Å². The van der Waals surface area contributed by atoms with E-state index in [4.69, 9.17) is 6.42 Å². The molecule has 0 saturated heterocycles. The zero-order chi connectivity index (χ0) is 10.9. The molecular formula is C11H11FNSi. The van der Waals surface area contributed by atoms with Crippen molar-refractivity contribution in [3.8, 4) is 12.5 Å². The summed E-state index contributed by atoms with van der Waals surface area (Å²) in [6.45, 7) is 5.56. The zero-order valence-corrected chi connectivity index (χ0v) is 9.48. The van der Waals surface area contributed by atoms with Crippen LogP contribution in [0.15, 0.2) is 6.07 Å². The molecule has 0 N–H and O–H groups in total. The Kier molecular flexibility index (Phi) is 2.97. The van der Waals surface area contributed by atoms with Crippen molar-refractivity contribution in [2.75, 3.05) is 4.57 Å². The van der Waals surface area contributed by atoms with E-state index in [1.165, 1.54) is 10.6 Å². The van der Waals surface area contributed by atoms with Crippen molar-refractivity contribution in [3.05, 3.63) is 28.6 Å². The maximum absolute atomic E-state index is 13.4. The summed E-state index contributed by atoms with van der Waals surface area (Å²) in [6, 6.07) is 3.81. The fourth-order valence-corrected chi connectivity index (χ4v) is 1.52. The number of rotatable bonds is 1. The molecule has 0 unspecified atom stereocenters. The molecule has 71 valence electrons. The molecule has 14 heavy (non-hydrogen) atoms. The Bertz CT molecular complexity index is 407. The van der Waals surface area contributed by atoms with Crippen molar-refractivity contribution in [3.63, 3.8) is 0 Å². The van der Waals surface area contributed by atoms with Crippen LogP contribution in [0.4, 0.5) is 10.1 Å². The van der Waals surface area contributed by atoms with E-state index in [0.29, 0.717) is 11.3 Å². The molecule has 3 heteroatoms. The second-order valence-electron chi connectivity index (χ2n) is 3.22. The number of nitrogens with zero attached hydrogens (tertiary/aromatic N) is 1. The lowest BCUT2D eigenvalue weighted by Crippen LogP contribution is -2.13. The summed E-state index contributed by atoms with van der Waals surface area (Å²) in [5, 5.41) is 0. The third-order valence-electron chi connectivity index (χ3n) is 2.50. The molecule has 1 aromatic carbocycles. The number of benzene rings is 1. The Morgan fingerprint density at radius 2 is 1.86 bits per heavy atom. The molecule has 0 fully saturated rings. The average Bonchev–Trinajstić information content (AvgIpc) is 2.19. The molecule has 0 heterocycles. The standard InChI is InChI=1S/C11H11FNSi/c1-5-13(14)11-6-10(12)8(3)7(2)9(11)4/h1,6H,2-4H3. The second kappa shape index (κ2) is 3.85. The lowest BCUT2D eigenvalue weighted by molar-refractivity contribution is 0.616. The molecule has 0 saturated carbocycles. The van der Waals surface area contributed by atoms with Gasteiger partial charge in [-0.1, -0.05) is 6.42 Å². The SMILES string of the molecule is C#CN([Si])c1cc(F)c(C)c(C)c1C. The van der Waals surface area contributed by atoms with Gasteiger partial charge in [0.15, 0.2) is 0 Å². The first-order valence-corrected chi connectivity index (χ1v) is 4.67. The Balaban J connectivity index is 3.42. The minimum Gasteiger partial charge on any atom is -0.332 e. The van der Waals surface area contributed by atoms with E-state index in [1.54, 1.807) is 6.92 Å². The van der Waals surface area contributed by atoms with Crippen LogP contribution in [-0.2, 0) is 0 Å². The molecular weight excluding hydrogens is 193 g/mol. The first-order valence-electron chi connectivity index (χ1n) is 4.23. The van der Waals surface area contributed by atoms with Gasteiger partial charge in [-0.15, -0.1) is 0 Å². The van der Waals surface area contributed by atoms with E-state index in [-0.39, 0.29) is 5.82 Å². The summed E-state index contributed by atoms with van der Waals surface area (Å²) in [6.07, 6.45) is 5.22. The fourth-order valence-electron chi connectivity index (χ4n) is 1.29. The highest BCUT2D eigenvalue weighted by molar-refractivity contribution is 6.20. The van der Waals surface area contributed by atoms with Crippen LogP contribution in [0.3, 0.4) is 0 Å². The third kappa shape index (κ3) is 1.66. The molecule has 0 aromatic heterocycles. The molecule has 1 aromatic rings. The highest BCUT2D eigenvalue weighted by Gasteiger charge is 2.11. The van der Waals surface area contributed by atoms with Gasteiger partial charge in [-0.2, -0.15) is 0 Å². The highest BCUT2D eigenvalue weighted by Crippen LogP contribution is 2.26. The van der Waals surface area contributed by atoms with Gasteiger partial charge in [0.25, 0.3) is 0 Å². The summed E-state index contributed by atoms with van der Waals surface area (Å²) >= 11 is 0. The summed E-state index contributed by atoms with van der Waals surface area (Å²) in [4.78, 5) is 0. The first-order chi connectivity index (χ1) is 6.49. The van der Waals surface area contributed by atoms with Gasteiger partial charge in [0.1, 0.15) is 5.82 Å². The van der Waals surface area contributed by atoms with Crippen molar-refractivity contribution >= 4 is 16.1 Å². The van der Waals surface area contributed by atoms with Crippen molar-refractivity contribution in [2.24, 2.45) is 0 Å². The Hall–Kier alpha value is -1.27.